The minimum atomic E-state index is -0.456. The highest BCUT2D eigenvalue weighted by molar-refractivity contribution is 5.40. The fraction of sp³-hybridized carbons (Fsp3) is 0.353. The molecule has 24 heavy (non-hydrogen) atoms. The number of anilines is 1. The van der Waals surface area contributed by atoms with Gasteiger partial charge in [0.1, 0.15) is 12.0 Å². The maximum absolute atomic E-state index is 10.6. The number of pyridine rings is 1. The summed E-state index contributed by atoms with van der Waals surface area (Å²) in [5.74, 6) is 0.615. The molecule has 0 amide bonds. The van der Waals surface area contributed by atoms with Gasteiger partial charge in [-0.3, -0.25) is 15.0 Å². The molecule has 2 aromatic rings. The lowest BCUT2D eigenvalue weighted by atomic mass is 10.2. The maximum Gasteiger partial charge on any atom is 0.287 e. The van der Waals surface area contributed by atoms with Gasteiger partial charge in [-0.2, -0.15) is 0 Å². The van der Waals surface area contributed by atoms with Gasteiger partial charge < -0.3 is 10.1 Å². The summed E-state index contributed by atoms with van der Waals surface area (Å²) < 4.78 is 5.79. The molecule has 7 nitrogen and oxygen atoms in total. The fourth-order valence-electron chi connectivity index (χ4n) is 2.71. The van der Waals surface area contributed by atoms with E-state index in [1.165, 1.54) is 17.8 Å². The van der Waals surface area contributed by atoms with Gasteiger partial charge in [-0.05, 0) is 11.6 Å². The van der Waals surface area contributed by atoms with Crippen LogP contribution >= 0.6 is 0 Å². The molecular weight excluding hydrogens is 308 g/mol. The molecule has 7 heteroatoms. The number of ether oxygens (including phenoxy) is 1. The second kappa shape index (κ2) is 7.85. The number of benzene rings is 1. The predicted octanol–water partition coefficient (Wildman–Crippen LogP) is 2.30. The molecule has 1 fully saturated rings. The van der Waals surface area contributed by atoms with E-state index in [0.717, 1.165) is 19.6 Å². The standard InChI is InChI=1S/C17H20N4O3/c22-21(23)15-6-7-17(18-10-15)19-11-16-13-20(8-9-24-16)12-14-4-2-1-3-5-14/h1-7,10,16H,8-9,11-13H2,(H,18,19)/t16-/m0/s1. The third-order valence-electron chi connectivity index (χ3n) is 3.94. The Kier molecular flexibility index (Phi) is 5.35. The number of aromatic nitrogens is 1. The van der Waals surface area contributed by atoms with Crippen LogP contribution in [0.25, 0.3) is 0 Å². The van der Waals surface area contributed by atoms with Gasteiger partial charge >= 0.3 is 0 Å². The van der Waals surface area contributed by atoms with E-state index in [4.69, 9.17) is 4.74 Å². The van der Waals surface area contributed by atoms with Gasteiger partial charge in [-0.15, -0.1) is 0 Å². The Bertz CT molecular complexity index is 663. The fourth-order valence-corrected chi connectivity index (χ4v) is 2.71. The number of nitrogens with zero attached hydrogens (tertiary/aromatic N) is 3. The highest BCUT2D eigenvalue weighted by Gasteiger charge is 2.20. The molecule has 1 atom stereocenters. The Morgan fingerprint density at radius 1 is 1.29 bits per heavy atom. The van der Waals surface area contributed by atoms with Crippen molar-refractivity contribution in [1.82, 2.24) is 9.88 Å². The van der Waals surface area contributed by atoms with Crippen molar-refractivity contribution in [2.45, 2.75) is 12.6 Å². The van der Waals surface area contributed by atoms with Crippen LogP contribution in [0.4, 0.5) is 11.5 Å². The van der Waals surface area contributed by atoms with E-state index in [1.807, 2.05) is 6.07 Å². The largest absolute Gasteiger partial charge is 0.374 e. The van der Waals surface area contributed by atoms with Crippen molar-refractivity contribution in [1.29, 1.82) is 0 Å². The van der Waals surface area contributed by atoms with Gasteiger partial charge in [0, 0.05) is 32.2 Å². The minimum Gasteiger partial charge on any atom is -0.374 e. The summed E-state index contributed by atoms with van der Waals surface area (Å²) in [5.41, 5.74) is 1.28. The second-order valence-corrected chi connectivity index (χ2v) is 5.75. The van der Waals surface area contributed by atoms with Crippen LogP contribution in [0.2, 0.25) is 0 Å². The quantitative estimate of drug-likeness (QED) is 0.647. The SMILES string of the molecule is O=[N+]([O-])c1ccc(NC[C@H]2CN(Cc3ccccc3)CCO2)nc1. The minimum absolute atomic E-state index is 0.0106. The molecule has 0 radical (unpaired) electrons. The topological polar surface area (TPSA) is 80.5 Å². The van der Waals surface area contributed by atoms with Gasteiger partial charge in [0.25, 0.3) is 5.69 Å². The molecule has 1 aliphatic rings. The number of hydrogen-bond donors (Lipinski definition) is 1. The van der Waals surface area contributed by atoms with E-state index in [9.17, 15) is 10.1 Å². The smallest absolute Gasteiger partial charge is 0.287 e. The average molecular weight is 328 g/mol. The van der Waals surface area contributed by atoms with Crippen LogP contribution in [0.15, 0.2) is 48.7 Å². The molecule has 1 N–H and O–H groups in total. The molecule has 1 aromatic heterocycles. The van der Waals surface area contributed by atoms with Crippen molar-refractivity contribution in [2.24, 2.45) is 0 Å². The van der Waals surface area contributed by atoms with Crippen molar-refractivity contribution in [3.05, 3.63) is 64.3 Å². The first-order valence-electron chi connectivity index (χ1n) is 7.93. The van der Waals surface area contributed by atoms with Crippen LogP contribution in [0, 0.1) is 10.1 Å². The van der Waals surface area contributed by atoms with Crippen molar-refractivity contribution >= 4 is 11.5 Å². The molecule has 0 saturated carbocycles. The van der Waals surface area contributed by atoms with Crippen LogP contribution in [-0.4, -0.2) is 47.2 Å². The summed E-state index contributed by atoms with van der Waals surface area (Å²) in [6, 6.07) is 13.4. The molecule has 0 spiro atoms. The lowest BCUT2D eigenvalue weighted by molar-refractivity contribution is -0.385. The molecule has 1 aromatic carbocycles. The number of nitro groups is 1. The Morgan fingerprint density at radius 2 is 2.12 bits per heavy atom. The summed E-state index contributed by atoms with van der Waals surface area (Å²) in [6.07, 6.45) is 1.32. The second-order valence-electron chi connectivity index (χ2n) is 5.75. The normalized spacial score (nSPS) is 18.2. The Hall–Kier alpha value is -2.51. The van der Waals surface area contributed by atoms with Gasteiger partial charge in [-0.25, -0.2) is 4.98 Å². The summed E-state index contributed by atoms with van der Waals surface area (Å²) in [4.78, 5) is 16.6. The number of nitrogens with one attached hydrogen (secondary N) is 1. The van der Waals surface area contributed by atoms with Crippen LogP contribution in [0.5, 0.6) is 0 Å². The summed E-state index contributed by atoms with van der Waals surface area (Å²) in [5, 5.41) is 13.8. The van der Waals surface area contributed by atoms with Gasteiger partial charge in [0.2, 0.25) is 0 Å². The lowest BCUT2D eigenvalue weighted by Gasteiger charge is -2.33. The van der Waals surface area contributed by atoms with Gasteiger partial charge in [0.15, 0.2) is 0 Å². The zero-order valence-corrected chi connectivity index (χ0v) is 13.3. The van der Waals surface area contributed by atoms with Crippen LogP contribution in [0.3, 0.4) is 0 Å². The lowest BCUT2D eigenvalue weighted by Crippen LogP contribution is -2.44. The number of hydrogen-bond acceptors (Lipinski definition) is 6. The monoisotopic (exact) mass is 328 g/mol. The first-order valence-corrected chi connectivity index (χ1v) is 7.93. The van der Waals surface area contributed by atoms with Crippen LogP contribution in [-0.2, 0) is 11.3 Å². The average Bonchev–Trinajstić information content (AvgIpc) is 2.61. The molecule has 3 rings (SSSR count). The third kappa shape index (κ3) is 4.50. The highest BCUT2D eigenvalue weighted by Crippen LogP contribution is 2.14. The van der Waals surface area contributed by atoms with E-state index in [0.29, 0.717) is 19.0 Å². The van der Waals surface area contributed by atoms with E-state index in [-0.39, 0.29) is 11.8 Å². The highest BCUT2D eigenvalue weighted by atomic mass is 16.6. The molecule has 1 saturated heterocycles. The summed E-state index contributed by atoms with van der Waals surface area (Å²) in [7, 11) is 0. The zero-order chi connectivity index (χ0) is 16.8. The van der Waals surface area contributed by atoms with Crippen LogP contribution < -0.4 is 5.32 Å². The summed E-state index contributed by atoms with van der Waals surface area (Å²) >= 11 is 0. The first-order chi connectivity index (χ1) is 11.7. The van der Waals surface area contributed by atoms with E-state index in [1.54, 1.807) is 6.07 Å². The number of rotatable bonds is 6. The summed E-state index contributed by atoms with van der Waals surface area (Å²) in [6.45, 7) is 4.00. The maximum atomic E-state index is 10.6. The Morgan fingerprint density at radius 3 is 2.83 bits per heavy atom. The molecule has 0 bridgehead atoms. The molecule has 1 aliphatic heterocycles. The van der Waals surface area contributed by atoms with Crippen molar-refractivity contribution in [3.63, 3.8) is 0 Å². The molecule has 0 unspecified atom stereocenters. The van der Waals surface area contributed by atoms with Gasteiger partial charge in [-0.1, -0.05) is 30.3 Å². The Labute approximate surface area is 140 Å². The Balaban J connectivity index is 1.49. The van der Waals surface area contributed by atoms with E-state index < -0.39 is 4.92 Å². The predicted molar refractivity (Wildman–Crippen MR) is 90.8 cm³/mol. The van der Waals surface area contributed by atoms with Gasteiger partial charge in [0.05, 0.1) is 17.6 Å². The third-order valence-corrected chi connectivity index (χ3v) is 3.94. The molecule has 126 valence electrons. The molecule has 2 heterocycles. The van der Waals surface area contributed by atoms with Crippen LogP contribution in [0.1, 0.15) is 5.56 Å². The molecule has 0 aliphatic carbocycles. The first kappa shape index (κ1) is 16.4. The van der Waals surface area contributed by atoms with E-state index in [2.05, 4.69) is 39.5 Å². The van der Waals surface area contributed by atoms with Crippen molar-refractivity contribution in [2.75, 3.05) is 31.6 Å². The van der Waals surface area contributed by atoms with Crippen molar-refractivity contribution < 1.29 is 9.66 Å². The number of morpholine rings is 1. The van der Waals surface area contributed by atoms with E-state index >= 15 is 0 Å². The molecular formula is C17H20N4O3. The van der Waals surface area contributed by atoms with Crippen molar-refractivity contribution in [3.8, 4) is 0 Å². The zero-order valence-electron chi connectivity index (χ0n) is 13.3.